The van der Waals surface area contributed by atoms with Crippen molar-refractivity contribution in [2.24, 2.45) is 5.92 Å². The van der Waals surface area contributed by atoms with Gasteiger partial charge in [0.15, 0.2) is 0 Å². The summed E-state index contributed by atoms with van der Waals surface area (Å²) in [5.74, 6) is 1.38. The van der Waals surface area contributed by atoms with Crippen LogP contribution in [0, 0.1) is 5.92 Å². The van der Waals surface area contributed by atoms with E-state index in [-0.39, 0.29) is 5.56 Å². The molecule has 2 N–H and O–H groups in total. The lowest BCUT2D eigenvalue weighted by Gasteiger charge is -2.34. The van der Waals surface area contributed by atoms with E-state index in [0.29, 0.717) is 16.4 Å². The van der Waals surface area contributed by atoms with Gasteiger partial charge in [-0.25, -0.2) is 4.98 Å². The maximum absolute atomic E-state index is 11.6. The molecule has 6 heteroatoms. The zero-order valence-electron chi connectivity index (χ0n) is 11.4. The van der Waals surface area contributed by atoms with E-state index in [1.807, 2.05) is 0 Å². The number of halogens is 1. The lowest BCUT2D eigenvalue weighted by molar-refractivity contribution is 0.378. The molecule has 2 rings (SSSR count). The highest BCUT2D eigenvalue weighted by atomic mass is 79.9. The molecule has 0 bridgehead atoms. The number of aromatic amines is 1. The Morgan fingerprint density at radius 2 is 2.42 bits per heavy atom. The third-order valence-corrected chi connectivity index (χ3v) is 4.13. The zero-order valence-corrected chi connectivity index (χ0v) is 13.0. The number of aromatic nitrogens is 2. The van der Waals surface area contributed by atoms with Crippen LogP contribution in [0.3, 0.4) is 0 Å². The maximum atomic E-state index is 11.6. The predicted molar refractivity (Wildman–Crippen MR) is 80.6 cm³/mol. The molecular weight excluding hydrogens is 308 g/mol. The molecule has 2 heterocycles. The number of hydrogen-bond acceptors (Lipinski definition) is 4. The van der Waals surface area contributed by atoms with Gasteiger partial charge in [-0.3, -0.25) is 4.79 Å². The van der Waals surface area contributed by atoms with E-state index in [2.05, 4.69) is 50.0 Å². The molecule has 1 aromatic heterocycles. The molecule has 19 heavy (non-hydrogen) atoms. The molecule has 0 saturated carbocycles. The van der Waals surface area contributed by atoms with Crippen molar-refractivity contribution in [1.82, 2.24) is 15.3 Å². The van der Waals surface area contributed by atoms with Gasteiger partial charge >= 0.3 is 0 Å². The van der Waals surface area contributed by atoms with E-state index in [4.69, 9.17) is 0 Å². The van der Waals surface area contributed by atoms with Crippen LogP contribution in [0.2, 0.25) is 0 Å². The average Bonchev–Trinajstić information content (AvgIpc) is 2.40. The molecule has 0 aromatic carbocycles. The summed E-state index contributed by atoms with van der Waals surface area (Å²) in [6.07, 6.45) is 3.85. The standard InChI is InChI=1S/C13H21BrN4O/c1-9(2)15-6-10-4-3-5-18(7-10)12-11(14)13(19)17-8-16-12/h8-10,15H,3-7H2,1-2H3,(H,16,17,19). The average molecular weight is 329 g/mol. The highest BCUT2D eigenvalue weighted by Gasteiger charge is 2.23. The van der Waals surface area contributed by atoms with Crippen LogP contribution in [-0.2, 0) is 0 Å². The fourth-order valence-corrected chi connectivity index (χ4v) is 2.89. The Labute approximate surface area is 121 Å². The second-order valence-corrected chi connectivity index (χ2v) is 6.18. The molecule has 1 aromatic rings. The van der Waals surface area contributed by atoms with Gasteiger partial charge in [0.1, 0.15) is 10.3 Å². The quantitative estimate of drug-likeness (QED) is 0.883. The van der Waals surface area contributed by atoms with Crippen molar-refractivity contribution in [2.45, 2.75) is 32.7 Å². The molecule has 1 aliphatic heterocycles. The fourth-order valence-electron chi connectivity index (χ4n) is 2.42. The van der Waals surface area contributed by atoms with Crippen molar-refractivity contribution in [2.75, 3.05) is 24.5 Å². The highest BCUT2D eigenvalue weighted by molar-refractivity contribution is 9.10. The Hall–Kier alpha value is -0.880. The maximum Gasteiger partial charge on any atom is 0.267 e. The van der Waals surface area contributed by atoms with Crippen LogP contribution in [0.5, 0.6) is 0 Å². The molecule has 1 fully saturated rings. The summed E-state index contributed by atoms with van der Waals surface area (Å²) >= 11 is 3.33. The number of nitrogens with zero attached hydrogens (tertiary/aromatic N) is 2. The third-order valence-electron chi connectivity index (χ3n) is 3.41. The van der Waals surface area contributed by atoms with Crippen LogP contribution in [0.4, 0.5) is 5.82 Å². The van der Waals surface area contributed by atoms with Crippen molar-refractivity contribution in [1.29, 1.82) is 0 Å². The van der Waals surface area contributed by atoms with Gasteiger partial charge in [-0.15, -0.1) is 0 Å². The number of hydrogen-bond donors (Lipinski definition) is 2. The summed E-state index contributed by atoms with van der Waals surface area (Å²) in [7, 11) is 0. The Balaban J connectivity index is 2.04. The molecule has 5 nitrogen and oxygen atoms in total. The number of anilines is 1. The lowest BCUT2D eigenvalue weighted by atomic mass is 9.98. The number of H-pyrrole nitrogens is 1. The van der Waals surface area contributed by atoms with E-state index in [9.17, 15) is 4.79 Å². The molecule has 106 valence electrons. The minimum absolute atomic E-state index is 0.118. The monoisotopic (exact) mass is 328 g/mol. The van der Waals surface area contributed by atoms with E-state index >= 15 is 0 Å². The van der Waals surface area contributed by atoms with Crippen molar-refractivity contribution in [3.63, 3.8) is 0 Å². The van der Waals surface area contributed by atoms with Gasteiger partial charge in [-0.05, 0) is 41.2 Å². The SMILES string of the molecule is CC(C)NCC1CCCN(c2nc[nH]c(=O)c2Br)C1. The van der Waals surface area contributed by atoms with E-state index in [1.54, 1.807) is 0 Å². The predicted octanol–water partition coefficient (Wildman–Crippen LogP) is 1.75. The molecule has 1 saturated heterocycles. The summed E-state index contributed by atoms with van der Waals surface area (Å²) in [5.41, 5.74) is -0.118. The van der Waals surface area contributed by atoms with Crippen LogP contribution in [-0.4, -0.2) is 35.6 Å². The molecule has 1 atom stereocenters. The van der Waals surface area contributed by atoms with Crippen LogP contribution < -0.4 is 15.8 Å². The first-order chi connectivity index (χ1) is 9.08. The molecule has 1 aliphatic rings. The van der Waals surface area contributed by atoms with Gasteiger partial charge in [-0.1, -0.05) is 13.8 Å². The highest BCUT2D eigenvalue weighted by Crippen LogP contribution is 2.25. The summed E-state index contributed by atoms with van der Waals surface area (Å²) < 4.78 is 0.535. The van der Waals surface area contributed by atoms with Crippen molar-refractivity contribution < 1.29 is 0 Å². The summed E-state index contributed by atoms with van der Waals surface area (Å²) in [5, 5.41) is 3.49. The van der Waals surface area contributed by atoms with Gasteiger partial charge in [0, 0.05) is 19.1 Å². The van der Waals surface area contributed by atoms with Gasteiger partial charge in [-0.2, -0.15) is 0 Å². The molecule has 0 aliphatic carbocycles. The Morgan fingerprint density at radius 3 is 3.16 bits per heavy atom. The van der Waals surface area contributed by atoms with Crippen LogP contribution in [0.1, 0.15) is 26.7 Å². The van der Waals surface area contributed by atoms with E-state index < -0.39 is 0 Å². The topological polar surface area (TPSA) is 61.0 Å². The van der Waals surface area contributed by atoms with Crippen LogP contribution in [0.15, 0.2) is 15.6 Å². The molecule has 1 unspecified atom stereocenters. The lowest BCUT2D eigenvalue weighted by Crippen LogP contribution is -2.41. The second kappa shape index (κ2) is 6.52. The van der Waals surface area contributed by atoms with Crippen molar-refractivity contribution in [3.8, 4) is 0 Å². The second-order valence-electron chi connectivity index (χ2n) is 5.39. The summed E-state index contributed by atoms with van der Waals surface area (Å²) in [6, 6.07) is 0.514. The molecule has 0 spiro atoms. The van der Waals surface area contributed by atoms with Gasteiger partial charge in [0.25, 0.3) is 5.56 Å². The Kier molecular flexibility index (Phi) is 4.99. The first-order valence-electron chi connectivity index (χ1n) is 6.79. The molecular formula is C13H21BrN4O. The van der Waals surface area contributed by atoms with Crippen LogP contribution in [0.25, 0.3) is 0 Å². The largest absolute Gasteiger partial charge is 0.355 e. The van der Waals surface area contributed by atoms with Crippen molar-refractivity contribution >= 4 is 21.7 Å². The van der Waals surface area contributed by atoms with Gasteiger partial charge < -0.3 is 15.2 Å². The molecule has 0 radical (unpaired) electrons. The first kappa shape index (κ1) is 14.5. The smallest absolute Gasteiger partial charge is 0.267 e. The normalized spacial score (nSPS) is 20.0. The van der Waals surface area contributed by atoms with E-state index in [0.717, 1.165) is 31.9 Å². The zero-order chi connectivity index (χ0) is 13.8. The molecule has 0 amide bonds. The van der Waals surface area contributed by atoms with Gasteiger partial charge in [0.05, 0.1) is 6.33 Å². The minimum atomic E-state index is -0.118. The minimum Gasteiger partial charge on any atom is -0.355 e. The first-order valence-corrected chi connectivity index (χ1v) is 7.58. The summed E-state index contributed by atoms with van der Waals surface area (Å²) in [6.45, 7) is 7.27. The number of nitrogens with one attached hydrogen (secondary N) is 2. The van der Waals surface area contributed by atoms with E-state index in [1.165, 1.54) is 12.7 Å². The number of piperidine rings is 1. The van der Waals surface area contributed by atoms with Crippen molar-refractivity contribution in [3.05, 3.63) is 21.2 Å². The Bertz CT molecular complexity index is 474. The van der Waals surface area contributed by atoms with Crippen LogP contribution >= 0.6 is 15.9 Å². The number of rotatable bonds is 4. The fraction of sp³-hybridized carbons (Fsp3) is 0.692. The third kappa shape index (κ3) is 3.79. The summed E-state index contributed by atoms with van der Waals surface area (Å²) in [4.78, 5) is 20.7. The van der Waals surface area contributed by atoms with Gasteiger partial charge in [0.2, 0.25) is 0 Å². The Morgan fingerprint density at radius 1 is 1.63 bits per heavy atom.